The highest BCUT2D eigenvalue weighted by Crippen LogP contribution is 2.20. The molecule has 0 aliphatic heterocycles. The summed E-state index contributed by atoms with van der Waals surface area (Å²) < 4.78 is 0. The number of rotatable bonds is 5. The fraction of sp³-hybridized carbons (Fsp3) is 0.278. The third-order valence-corrected chi connectivity index (χ3v) is 3.81. The fourth-order valence-corrected chi connectivity index (χ4v) is 2.26. The van der Waals surface area contributed by atoms with Crippen molar-refractivity contribution in [2.75, 3.05) is 0 Å². The Balaban J connectivity index is 1.99. The lowest BCUT2D eigenvalue weighted by molar-refractivity contribution is -0.130. The van der Waals surface area contributed by atoms with Gasteiger partial charge in [-0.2, -0.15) is 0 Å². The summed E-state index contributed by atoms with van der Waals surface area (Å²) in [6.45, 7) is 4.02. The van der Waals surface area contributed by atoms with Gasteiger partial charge in [0.2, 0.25) is 0 Å². The van der Waals surface area contributed by atoms with Gasteiger partial charge in [0, 0.05) is 12.0 Å². The maximum atomic E-state index is 12.1. The van der Waals surface area contributed by atoms with Crippen LogP contribution in [0.3, 0.4) is 0 Å². The fourth-order valence-electron chi connectivity index (χ4n) is 2.26. The normalized spacial score (nSPS) is 15.0. The Hall–Kier alpha value is -2.13. The van der Waals surface area contributed by atoms with Crippen LogP contribution in [-0.4, -0.2) is 17.1 Å². The number of carbonyl (C=O) groups excluding carboxylic acids is 1. The number of amides is 1. The predicted molar refractivity (Wildman–Crippen MR) is 83.9 cm³/mol. The Morgan fingerprint density at radius 2 is 1.38 bits per heavy atom. The van der Waals surface area contributed by atoms with Gasteiger partial charge in [-0.25, -0.2) is 0 Å². The lowest BCUT2D eigenvalue weighted by Gasteiger charge is -2.23. The van der Waals surface area contributed by atoms with Gasteiger partial charge in [-0.3, -0.25) is 4.79 Å². The van der Waals surface area contributed by atoms with Crippen molar-refractivity contribution < 1.29 is 9.90 Å². The van der Waals surface area contributed by atoms with Gasteiger partial charge in [0.05, 0.1) is 0 Å². The van der Waals surface area contributed by atoms with Gasteiger partial charge in [-0.05, 0) is 18.1 Å². The summed E-state index contributed by atoms with van der Waals surface area (Å²) in [7, 11) is 0. The first-order valence-electron chi connectivity index (χ1n) is 7.18. The molecule has 21 heavy (non-hydrogen) atoms. The van der Waals surface area contributed by atoms with Gasteiger partial charge in [0.25, 0.3) is 5.91 Å². The quantitative estimate of drug-likeness (QED) is 0.886. The Morgan fingerprint density at radius 1 is 0.905 bits per heavy atom. The molecule has 3 nitrogen and oxygen atoms in total. The van der Waals surface area contributed by atoms with Crippen molar-refractivity contribution in [1.82, 2.24) is 5.32 Å². The molecular weight excluding hydrogens is 262 g/mol. The first-order valence-corrected chi connectivity index (χ1v) is 7.18. The van der Waals surface area contributed by atoms with Crippen LogP contribution in [0.25, 0.3) is 0 Å². The molecule has 0 fully saturated rings. The van der Waals surface area contributed by atoms with E-state index in [1.165, 1.54) is 5.56 Å². The zero-order valence-corrected chi connectivity index (χ0v) is 12.4. The predicted octanol–water partition coefficient (Wildman–Crippen LogP) is 3.03. The van der Waals surface area contributed by atoms with Crippen LogP contribution in [-0.2, 0) is 4.79 Å². The second-order valence-corrected chi connectivity index (χ2v) is 5.31. The SMILES string of the molecule is CC(NC(=O)C(O)c1ccccc1)C(C)c1ccccc1. The Morgan fingerprint density at radius 3 is 1.90 bits per heavy atom. The molecule has 0 radical (unpaired) electrons. The van der Waals surface area contributed by atoms with Crippen LogP contribution in [0, 0.1) is 0 Å². The molecule has 1 amide bonds. The highest BCUT2D eigenvalue weighted by atomic mass is 16.3. The lowest BCUT2D eigenvalue weighted by Crippen LogP contribution is -2.39. The van der Waals surface area contributed by atoms with Crippen LogP contribution in [0.1, 0.15) is 37.0 Å². The van der Waals surface area contributed by atoms with Crippen molar-refractivity contribution >= 4 is 5.91 Å². The minimum absolute atomic E-state index is 0.0572. The minimum atomic E-state index is -1.13. The smallest absolute Gasteiger partial charge is 0.253 e. The number of aliphatic hydroxyl groups excluding tert-OH is 1. The van der Waals surface area contributed by atoms with Gasteiger partial charge < -0.3 is 10.4 Å². The number of benzene rings is 2. The van der Waals surface area contributed by atoms with E-state index in [0.717, 1.165) is 0 Å². The van der Waals surface area contributed by atoms with Crippen molar-refractivity contribution in [3.05, 3.63) is 71.8 Å². The summed E-state index contributed by atoms with van der Waals surface area (Å²) in [5.41, 5.74) is 1.77. The Labute approximate surface area is 125 Å². The Kier molecular flexibility index (Phi) is 5.12. The van der Waals surface area contributed by atoms with E-state index in [1.807, 2.05) is 55.5 Å². The van der Waals surface area contributed by atoms with E-state index < -0.39 is 6.10 Å². The second-order valence-electron chi connectivity index (χ2n) is 5.31. The zero-order valence-electron chi connectivity index (χ0n) is 12.4. The van der Waals surface area contributed by atoms with Gasteiger partial charge in [-0.1, -0.05) is 67.6 Å². The largest absolute Gasteiger partial charge is 0.378 e. The minimum Gasteiger partial charge on any atom is -0.378 e. The van der Waals surface area contributed by atoms with Crippen LogP contribution < -0.4 is 5.32 Å². The third-order valence-electron chi connectivity index (χ3n) is 3.81. The number of aliphatic hydroxyl groups is 1. The highest BCUT2D eigenvalue weighted by Gasteiger charge is 2.22. The lowest BCUT2D eigenvalue weighted by atomic mass is 9.94. The Bertz CT molecular complexity index is 568. The summed E-state index contributed by atoms with van der Waals surface area (Å²) >= 11 is 0. The van der Waals surface area contributed by atoms with E-state index in [9.17, 15) is 9.90 Å². The number of carbonyl (C=O) groups is 1. The first kappa shape index (κ1) is 15.3. The van der Waals surface area contributed by atoms with Crippen LogP contribution in [0.15, 0.2) is 60.7 Å². The van der Waals surface area contributed by atoms with Crippen LogP contribution in [0.5, 0.6) is 0 Å². The molecule has 2 N–H and O–H groups in total. The average Bonchev–Trinajstić information content (AvgIpc) is 2.55. The van der Waals surface area contributed by atoms with Crippen LogP contribution in [0.4, 0.5) is 0 Å². The molecule has 3 unspecified atom stereocenters. The van der Waals surface area contributed by atoms with Crippen molar-refractivity contribution in [2.45, 2.75) is 31.9 Å². The molecule has 0 saturated carbocycles. The molecule has 2 rings (SSSR count). The first-order chi connectivity index (χ1) is 10.1. The molecule has 0 aliphatic carbocycles. The van der Waals surface area contributed by atoms with E-state index in [1.54, 1.807) is 12.1 Å². The summed E-state index contributed by atoms with van der Waals surface area (Å²) in [5, 5.41) is 13.0. The van der Waals surface area contributed by atoms with Crippen LogP contribution in [0.2, 0.25) is 0 Å². The van der Waals surface area contributed by atoms with Gasteiger partial charge in [-0.15, -0.1) is 0 Å². The molecule has 3 heteroatoms. The van der Waals surface area contributed by atoms with E-state index in [4.69, 9.17) is 0 Å². The third kappa shape index (κ3) is 3.92. The molecule has 0 aromatic heterocycles. The molecule has 0 saturated heterocycles. The molecule has 110 valence electrons. The van der Waals surface area contributed by atoms with Gasteiger partial charge in [0.1, 0.15) is 0 Å². The summed E-state index contributed by atoms with van der Waals surface area (Å²) in [5.74, 6) is -0.186. The topological polar surface area (TPSA) is 49.3 Å². The summed E-state index contributed by atoms with van der Waals surface area (Å²) in [6.07, 6.45) is -1.13. The van der Waals surface area contributed by atoms with E-state index in [0.29, 0.717) is 5.56 Å². The van der Waals surface area contributed by atoms with Crippen molar-refractivity contribution in [1.29, 1.82) is 0 Å². The molecule has 3 atom stereocenters. The molecule has 0 bridgehead atoms. The molecule has 0 heterocycles. The molecular formula is C18H21NO2. The zero-order chi connectivity index (χ0) is 15.2. The molecule has 2 aromatic carbocycles. The highest BCUT2D eigenvalue weighted by molar-refractivity contribution is 5.82. The van der Waals surface area contributed by atoms with Crippen LogP contribution >= 0.6 is 0 Å². The molecule has 0 aliphatic rings. The van der Waals surface area contributed by atoms with Crippen molar-refractivity contribution in [2.24, 2.45) is 0 Å². The molecule has 2 aromatic rings. The summed E-state index contributed by atoms with van der Waals surface area (Å²) in [4.78, 5) is 12.1. The van der Waals surface area contributed by atoms with Gasteiger partial charge >= 0.3 is 0 Å². The number of hydrogen-bond donors (Lipinski definition) is 2. The van der Waals surface area contributed by atoms with Crippen molar-refractivity contribution in [3.8, 4) is 0 Å². The number of nitrogens with one attached hydrogen (secondary N) is 1. The maximum absolute atomic E-state index is 12.1. The van der Waals surface area contributed by atoms with Crippen molar-refractivity contribution in [3.63, 3.8) is 0 Å². The summed E-state index contributed by atoms with van der Waals surface area (Å²) in [6, 6.07) is 18.9. The van der Waals surface area contributed by atoms with E-state index >= 15 is 0 Å². The monoisotopic (exact) mass is 283 g/mol. The molecule has 0 spiro atoms. The van der Waals surface area contributed by atoms with E-state index in [2.05, 4.69) is 12.2 Å². The second kappa shape index (κ2) is 7.04. The van der Waals surface area contributed by atoms with E-state index in [-0.39, 0.29) is 17.9 Å². The average molecular weight is 283 g/mol. The standard InChI is InChI=1S/C18H21NO2/c1-13(15-9-5-3-6-10-15)14(2)19-18(21)17(20)16-11-7-4-8-12-16/h3-14,17,20H,1-2H3,(H,19,21). The van der Waals surface area contributed by atoms with Gasteiger partial charge in [0.15, 0.2) is 6.10 Å². The maximum Gasteiger partial charge on any atom is 0.253 e. The number of hydrogen-bond acceptors (Lipinski definition) is 2.